The van der Waals surface area contributed by atoms with Gasteiger partial charge in [0.1, 0.15) is 0 Å². The molecule has 0 saturated carbocycles. The zero-order valence-electron chi connectivity index (χ0n) is 11.3. The quantitative estimate of drug-likeness (QED) is 0.902. The molecule has 3 rings (SSSR count). The van der Waals surface area contributed by atoms with Crippen LogP contribution in [0.5, 0.6) is 0 Å². The Hall–Kier alpha value is -0.910. The lowest BCUT2D eigenvalue weighted by Gasteiger charge is -2.31. The van der Waals surface area contributed by atoms with Gasteiger partial charge in [0.15, 0.2) is 4.96 Å². The third kappa shape index (κ3) is 3.16. The summed E-state index contributed by atoms with van der Waals surface area (Å²) in [6.45, 7) is 3.01. The number of thiazole rings is 1. The van der Waals surface area contributed by atoms with E-state index in [0.29, 0.717) is 12.5 Å². The third-order valence-electron chi connectivity index (χ3n) is 3.80. The standard InChI is InChI=1S/C14H21N3OS/c1-14(18,8-11-4-2-3-5-15-11)9-12-10-17-6-7-19-13(17)16-12/h6-7,10-11,15,18H,2-5,8-9H2,1H3. The van der Waals surface area contributed by atoms with E-state index in [1.807, 2.05) is 29.1 Å². The van der Waals surface area contributed by atoms with Crippen molar-refractivity contribution in [2.75, 3.05) is 6.54 Å². The number of aromatic nitrogens is 2. The van der Waals surface area contributed by atoms with Crippen molar-refractivity contribution in [3.8, 4) is 0 Å². The Morgan fingerprint density at radius 1 is 1.58 bits per heavy atom. The van der Waals surface area contributed by atoms with Crippen LogP contribution in [0.15, 0.2) is 17.8 Å². The van der Waals surface area contributed by atoms with E-state index in [2.05, 4.69) is 10.3 Å². The molecule has 3 heterocycles. The molecule has 1 fully saturated rings. The number of fused-ring (bicyclic) bond motifs is 1. The summed E-state index contributed by atoms with van der Waals surface area (Å²) in [5.41, 5.74) is 0.298. The van der Waals surface area contributed by atoms with Gasteiger partial charge in [0.2, 0.25) is 0 Å². The summed E-state index contributed by atoms with van der Waals surface area (Å²) in [7, 11) is 0. The van der Waals surface area contributed by atoms with E-state index in [4.69, 9.17) is 0 Å². The van der Waals surface area contributed by atoms with Crippen LogP contribution in [0.3, 0.4) is 0 Å². The highest BCUT2D eigenvalue weighted by Gasteiger charge is 2.27. The summed E-state index contributed by atoms with van der Waals surface area (Å²) in [5.74, 6) is 0. The number of hydrogen-bond donors (Lipinski definition) is 2. The lowest BCUT2D eigenvalue weighted by atomic mass is 9.88. The molecular formula is C14H21N3OS. The summed E-state index contributed by atoms with van der Waals surface area (Å²) < 4.78 is 2.02. The Bertz CT molecular complexity index is 511. The molecule has 104 valence electrons. The summed E-state index contributed by atoms with van der Waals surface area (Å²) in [4.78, 5) is 5.55. The zero-order valence-corrected chi connectivity index (χ0v) is 12.1. The fraction of sp³-hybridized carbons (Fsp3) is 0.643. The second-order valence-electron chi connectivity index (χ2n) is 5.85. The van der Waals surface area contributed by atoms with Crippen molar-refractivity contribution in [3.05, 3.63) is 23.5 Å². The van der Waals surface area contributed by atoms with Crippen molar-refractivity contribution in [1.82, 2.24) is 14.7 Å². The van der Waals surface area contributed by atoms with Gasteiger partial charge in [0.25, 0.3) is 0 Å². The molecule has 0 bridgehead atoms. The maximum atomic E-state index is 10.6. The number of imidazole rings is 1. The number of piperidine rings is 1. The van der Waals surface area contributed by atoms with E-state index < -0.39 is 5.60 Å². The van der Waals surface area contributed by atoms with E-state index >= 15 is 0 Å². The molecule has 2 N–H and O–H groups in total. The van der Waals surface area contributed by atoms with Crippen molar-refractivity contribution < 1.29 is 5.11 Å². The van der Waals surface area contributed by atoms with Crippen LogP contribution in [0.4, 0.5) is 0 Å². The molecule has 0 amide bonds. The second-order valence-corrected chi connectivity index (χ2v) is 6.72. The Balaban J connectivity index is 1.64. The molecule has 0 radical (unpaired) electrons. The molecule has 2 atom stereocenters. The smallest absolute Gasteiger partial charge is 0.193 e. The number of rotatable bonds is 4. The fourth-order valence-corrected chi connectivity index (χ4v) is 3.67. The molecule has 1 aliphatic heterocycles. The largest absolute Gasteiger partial charge is 0.390 e. The van der Waals surface area contributed by atoms with Crippen molar-refractivity contribution in [2.45, 2.75) is 50.7 Å². The maximum absolute atomic E-state index is 10.6. The van der Waals surface area contributed by atoms with Gasteiger partial charge in [-0.25, -0.2) is 4.98 Å². The van der Waals surface area contributed by atoms with Gasteiger partial charge in [-0.1, -0.05) is 6.42 Å². The number of aliphatic hydroxyl groups is 1. The van der Waals surface area contributed by atoms with Crippen molar-refractivity contribution in [2.24, 2.45) is 0 Å². The first kappa shape index (κ1) is 13.1. The lowest BCUT2D eigenvalue weighted by Crippen LogP contribution is -2.41. The molecule has 2 aromatic heterocycles. The highest BCUT2D eigenvalue weighted by atomic mass is 32.1. The van der Waals surface area contributed by atoms with Gasteiger partial charge >= 0.3 is 0 Å². The maximum Gasteiger partial charge on any atom is 0.193 e. The van der Waals surface area contributed by atoms with Gasteiger partial charge in [-0.15, -0.1) is 11.3 Å². The van der Waals surface area contributed by atoms with Gasteiger partial charge < -0.3 is 10.4 Å². The van der Waals surface area contributed by atoms with Crippen molar-refractivity contribution >= 4 is 16.3 Å². The summed E-state index contributed by atoms with van der Waals surface area (Å²) in [5, 5.41) is 16.1. The molecule has 2 aromatic rings. The molecule has 0 aliphatic carbocycles. The predicted molar refractivity (Wildman–Crippen MR) is 77.7 cm³/mol. The predicted octanol–water partition coefficient (Wildman–Crippen LogP) is 2.22. The van der Waals surface area contributed by atoms with Crippen LogP contribution >= 0.6 is 11.3 Å². The highest BCUT2D eigenvalue weighted by molar-refractivity contribution is 7.15. The Labute approximate surface area is 117 Å². The van der Waals surface area contributed by atoms with E-state index in [1.54, 1.807) is 11.3 Å². The topological polar surface area (TPSA) is 49.6 Å². The number of nitrogens with one attached hydrogen (secondary N) is 1. The van der Waals surface area contributed by atoms with Crippen LogP contribution in [-0.2, 0) is 6.42 Å². The first-order valence-corrected chi connectivity index (χ1v) is 7.87. The zero-order chi connectivity index (χ0) is 13.3. The van der Waals surface area contributed by atoms with Crippen LogP contribution < -0.4 is 5.32 Å². The van der Waals surface area contributed by atoms with E-state index in [0.717, 1.165) is 23.6 Å². The Morgan fingerprint density at radius 2 is 2.47 bits per heavy atom. The molecular weight excluding hydrogens is 258 g/mol. The van der Waals surface area contributed by atoms with Gasteiger partial charge in [0, 0.05) is 30.2 Å². The Morgan fingerprint density at radius 3 is 3.21 bits per heavy atom. The monoisotopic (exact) mass is 279 g/mol. The summed E-state index contributed by atoms with van der Waals surface area (Å²) in [6.07, 6.45) is 9.17. The molecule has 4 nitrogen and oxygen atoms in total. The fourth-order valence-electron chi connectivity index (χ4n) is 2.95. The molecule has 5 heteroatoms. The van der Waals surface area contributed by atoms with Crippen LogP contribution in [0.25, 0.3) is 4.96 Å². The number of nitrogens with zero attached hydrogens (tertiary/aromatic N) is 2. The summed E-state index contributed by atoms with van der Waals surface area (Å²) >= 11 is 1.63. The molecule has 2 unspecified atom stereocenters. The summed E-state index contributed by atoms with van der Waals surface area (Å²) in [6, 6.07) is 0.451. The average Bonchev–Trinajstić information content (AvgIpc) is 2.89. The van der Waals surface area contributed by atoms with Crippen LogP contribution in [0.2, 0.25) is 0 Å². The highest BCUT2D eigenvalue weighted by Crippen LogP contribution is 2.23. The van der Waals surface area contributed by atoms with Gasteiger partial charge in [-0.05, 0) is 32.7 Å². The first-order valence-electron chi connectivity index (χ1n) is 6.99. The first-order chi connectivity index (χ1) is 9.12. The molecule has 1 saturated heterocycles. The second kappa shape index (κ2) is 5.23. The van der Waals surface area contributed by atoms with E-state index in [-0.39, 0.29) is 0 Å². The molecule has 19 heavy (non-hydrogen) atoms. The minimum Gasteiger partial charge on any atom is -0.390 e. The Kier molecular flexibility index (Phi) is 3.60. The number of hydrogen-bond acceptors (Lipinski definition) is 4. The van der Waals surface area contributed by atoms with Gasteiger partial charge in [0.05, 0.1) is 11.3 Å². The average molecular weight is 279 g/mol. The minimum absolute atomic E-state index is 0.451. The molecule has 1 aliphatic rings. The molecule has 0 aromatic carbocycles. The van der Waals surface area contributed by atoms with Crippen LogP contribution in [-0.4, -0.2) is 32.7 Å². The lowest BCUT2D eigenvalue weighted by molar-refractivity contribution is 0.0364. The van der Waals surface area contributed by atoms with E-state index in [1.165, 1.54) is 19.3 Å². The van der Waals surface area contributed by atoms with Crippen LogP contribution in [0.1, 0.15) is 38.3 Å². The third-order valence-corrected chi connectivity index (χ3v) is 4.57. The minimum atomic E-state index is -0.682. The van der Waals surface area contributed by atoms with Crippen LogP contribution in [0, 0.1) is 0 Å². The van der Waals surface area contributed by atoms with Gasteiger partial charge in [-0.2, -0.15) is 0 Å². The normalized spacial score (nSPS) is 23.6. The van der Waals surface area contributed by atoms with Crippen molar-refractivity contribution in [3.63, 3.8) is 0 Å². The van der Waals surface area contributed by atoms with Crippen molar-refractivity contribution in [1.29, 1.82) is 0 Å². The molecule has 0 spiro atoms. The van der Waals surface area contributed by atoms with Gasteiger partial charge in [-0.3, -0.25) is 4.40 Å². The SMILES string of the molecule is CC(O)(Cc1cn2ccsc2n1)CC1CCCCN1. The van der Waals surface area contributed by atoms with E-state index in [9.17, 15) is 5.11 Å².